The summed E-state index contributed by atoms with van der Waals surface area (Å²) in [6, 6.07) is 17.3. The lowest BCUT2D eigenvalue weighted by Crippen LogP contribution is -2.12. The lowest BCUT2D eigenvalue weighted by molar-refractivity contribution is 0.0172. The van der Waals surface area contributed by atoms with Gasteiger partial charge in [-0.15, -0.1) is 0 Å². The van der Waals surface area contributed by atoms with Crippen molar-refractivity contribution in [3.8, 4) is 0 Å². The second kappa shape index (κ2) is 5.78. The molecule has 2 atom stereocenters. The van der Waals surface area contributed by atoms with Gasteiger partial charge in [0.2, 0.25) is 0 Å². The van der Waals surface area contributed by atoms with Crippen LogP contribution < -0.4 is 0 Å². The van der Waals surface area contributed by atoms with Gasteiger partial charge in [-0.05, 0) is 35.4 Å². The molecule has 2 heteroatoms. The van der Waals surface area contributed by atoms with E-state index in [9.17, 15) is 10.2 Å². The molecule has 2 N–H and O–H groups in total. The minimum atomic E-state index is -0.882. The number of rotatable bonds is 4. The molecule has 0 spiro atoms. The first kappa shape index (κ1) is 13.3. The summed E-state index contributed by atoms with van der Waals surface area (Å²) >= 11 is 0. The molecule has 0 bridgehead atoms. The highest BCUT2D eigenvalue weighted by atomic mass is 16.3. The zero-order valence-corrected chi connectivity index (χ0v) is 11.4. The maximum atomic E-state index is 10.4. The van der Waals surface area contributed by atoms with Crippen LogP contribution in [-0.2, 0) is 0 Å². The number of benzene rings is 2. The molecule has 0 radical (unpaired) electrons. The molecule has 0 aromatic heterocycles. The van der Waals surface area contributed by atoms with E-state index in [1.54, 1.807) is 0 Å². The molecular formula is C18H20O2. The normalized spacial score (nSPS) is 18.3. The molecule has 3 rings (SSSR count). The van der Waals surface area contributed by atoms with Crippen LogP contribution in [0.5, 0.6) is 0 Å². The smallest absolute Gasteiger partial charge is 0.109 e. The number of aliphatic hydroxyl groups excluding tert-OH is 2. The Kier molecular flexibility index (Phi) is 3.86. The molecule has 1 fully saturated rings. The van der Waals surface area contributed by atoms with Gasteiger partial charge in [0.25, 0.3) is 0 Å². The Labute approximate surface area is 119 Å². The fourth-order valence-electron chi connectivity index (χ4n) is 2.75. The van der Waals surface area contributed by atoms with Crippen LogP contribution in [0.25, 0.3) is 0 Å². The minimum Gasteiger partial charge on any atom is -0.385 e. The Hall–Kier alpha value is -1.64. The Morgan fingerprint density at radius 3 is 2.10 bits per heavy atom. The van der Waals surface area contributed by atoms with Gasteiger partial charge >= 0.3 is 0 Å². The lowest BCUT2D eigenvalue weighted by atomic mass is 9.79. The lowest BCUT2D eigenvalue weighted by Gasteiger charge is -2.27. The summed E-state index contributed by atoms with van der Waals surface area (Å²) in [6.45, 7) is 0. The highest BCUT2D eigenvalue weighted by Crippen LogP contribution is 2.38. The van der Waals surface area contributed by atoms with Crippen LogP contribution in [0.4, 0.5) is 0 Å². The monoisotopic (exact) mass is 268 g/mol. The van der Waals surface area contributed by atoms with E-state index in [-0.39, 0.29) is 0 Å². The maximum Gasteiger partial charge on any atom is 0.109 e. The molecule has 1 aliphatic carbocycles. The Morgan fingerprint density at radius 2 is 1.45 bits per heavy atom. The van der Waals surface area contributed by atoms with Crippen molar-refractivity contribution in [1.82, 2.24) is 0 Å². The van der Waals surface area contributed by atoms with Gasteiger partial charge in [-0.1, -0.05) is 61.0 Å². The first-order chi connectivity index (χ1) is 9.75. The number of hydrogen-bond donors (Lipinski definition) is 2. The molecule has 0 heterocycles. The summed E-state index contributed by atoms with van der Waals surface area (Å²) < 4.78 is 0. The quantitative estimate of drug-likeness (QED) is 0.887. The van der Waals surface area contributed by atoms with Crippen LogP contribution in [-0.4, -0.2) is 10.2 Å². The van der Waals surface area contributed by atoms with E-state index in [0.29, 0.717) is 5.92 Å². The topological polar surface area (TPSA) is 40.5 Å². The van der Waals surface area contributed by atoms with Crippen molar-refractivity contribution in [3.05, 3.63) is 71.3 Å². The van der Waals surface area contributed by atoms with E-state index >= 15 is 0 Å². The largest absolute Gasteiger partial charge is 0.385 e. The molecular weight excluding hydrogens is 248 g/mol. The van der Waals surface area contributed by atoms with Crippen molar-refractivity contribution in [2.24, 2.45) is 0 Å². The molecule has 0 amide bonds. The van der Waals surface area contributed by atoms with E-state index in [4.69, 9.17) is 0 Å². The molecule has 1 saturated carbocycles. The number of hydrogen-bond acceptors (Lipinski definition) is 2. The second-order valence-corrected chi connectivity index (χ2v) is 5.60. The van der Waals surface area contributed by atoms with Crippen LogP contribution in [0.1, 0.15) is 54.1 Å². The highest BCUT2D eigenvalue weighted by Gasteiger charge is 2.23. The molecule has 2 unspecified atom stereocenters. The third-order valence-electron chi connectivity index (χ3n) is 4.27. The van der Waals surface area contributed by atoms with Crippen LogP contribution in [0.3, 0.4) is 0 Å². The van der Waals surface area contributed by atoms with Gasteiger partial charge in [-0.2, -0.15) is 0 Å². The van der Waals surface area contributed by atoms with E-state index in [1.165, 1.54) is 24.8 Å². The zero-order chi connectivity index (χ0) is 13.9. The van der Waals surface area contributed by atoms with Gasteiger partial charge in [0.15, 0.2) is 0 Å². The van der Waals surface area contributed by atoms with Crippen molar-refractivity contribution in [2.45, 2.75) is 37.4 Å². The van der Waals surface area contributed by atoms with E-state index in [0.717, 1.165) is 11.1 Å². The van der Waals surface area contributed by atoms with Crippen molar-refractivity contribution in [3.63, 3.8) is 0 Å². The van der Waals surface area contributed by atoms with Gasteiger partial charge in [0, 0.05) is 0 Å². The van der Waals surface area contributed by atoms with Crippen LogP contribution in [0.15, 0.2) is 54.6 Å². The van der Waals surface area contributed by atoms with Gasteiger partial charge in [-0.25, -0.2) is 0 Å². The SMILES string of the molecule is OC(c1ccccc1)C(O)c1cccc(C2CCC2)c1. The Bertz CT molecular complexity index is 561. The summed E-state index contributed by atoms with van der Waals surface area (Å²) in [5.41, 5.74) is 2.83. The molecule has 104 valence electrons. The minimum absolute atomic E-state index is 0.635. The van der Waals surface area contributed by atoms with E-state index in [2.05, 4.69) is 6.07 Å². The summed E-state index contributed by atoms with van der Waals surface area (Å²) in [6.07, 6.45) is 2.01. The first-order valence-corrected chi connectivity index (χ1v) is 7.26. The third kappa shape index (κ3) is 2.62. The average Bonchev–Trinajstić information content (AvgIpc) is 2.45. The zero-order valence-electron chi connectivity index (χ0n) is 11.4. The van der Waals surface area contributed by atoms with Gasteiger partial charge in [0.1, 0.15) is 12.2 Å². The predicted octanol–water partition coefficient (Wildman–Crippen LogP) is 3.72. The predicted molar refractivity (Wildman–Crippen MR) is 79.4 cm³/mol. The molecule has 1 aliphatic rings. The van der Waals surface area contributed by atoms with E-state index < -0.39 is 12.2 Å². The second-order valence-electron chi connectivity index (χ2n) is 5.60. The van der Waals surface area contributed by atoms with Crippen molar-refractivity contribution in [1.29, 1.82) is 0 Å². The molecule has 0 saturated heterocycles. The average molecular weight is 268 g/mol. The van der Waals surface area contributed by atoms with Crippen molar-refractivity contribution in [2.75, 3.05) is 0 Å². The van der Waals surface area contributed by atoms with Crippen molar-refractivity contribution < 1.29 is 10.2 Å². The van der Waals surface area contributed by atoms with Gasteiger partial charge in [0.05, 0.1) is 0 Å². The first-order valence-electron chi connectivity index (χ1n) is 7.26. The van der Waals surface area contributed by atoms with Crippen LogP contribution in [0.2, 0.25) is 0 Å². The van der Waals surface area contributed by atoms with Crippen LogP contribution in [0, 0.1) is 0 Å². The molecule has 2 nitrogen and oxygen atoms in total. The highest BCUT2D eigenvalue weighted by molar-refractivity contribution is 5.31. The van der Waals surface area contributed by atoms with Gasteiger partial charge < -0.3 is 10.2 Å². The van der Waals surface area contributed by atoms with Gasteiger partial charge in [-0.3, -0.25) is 0 Å². The number of aliphatic hydroxyl groups is 2. The Balaban J connectivity index is 1.81. The molecule has 2 aromatic rings. The third-order valence-corrected chi connectivity index (χ3v) is 4.27. The Morgan fingerprint density at radius 1 is 0.800 bits per heavy atom. The summed E-state index contributed by atoms with van der Waals surface area (Å²) in [5.74, 6) is 0.635. The molecule has 20 heavy (non-hydrogen) atoms. The summed E-state index contributed by atoms with van der Waals surface area (Å²) in [5, 5.41) is 20.7. The van der Waals surface area contributed by atoms with E-state index in [1.807, 2.05) is 48.5 Å². The maximum absolute atomic E-state index is 10.4. The molecule has 0 aliphatic heterocycles. The molecule has 2 aromatic carbocycles. The fraction of sp³-hybridized carbons (Fsp3) is 0.333. The summed E-state index contributed by atoms with van der Waals surface area (Å²) in [4.78, 5) is 0. The van der Waals surface area contributed by atoms with Crippen molar-refractivity contribution >= 4 is 0 Å². The summed E-state index contributed by atoms with van der Waals surface area (Å²) in [7, 11) is 0. The van der Waals surface area contributed by atoms with Crippen LogP contribution >= 0.6 is 0 Å². The fourth-order valence-corrected chi connectivity index (χ4v) is 2.75. The standard InChI is InChI=1S/C18H20O2/c19-17(14-6-2-1-3-7-14)18(20)16-11-5-10-15(12-16)13-8-4-9-13/h1-3,5-7,10-13,17-20H,4,8-9H2.